The third-order valence-electron chi connectivity index (χ3n) is 4.26. The van der Waals surface area contributed by atoms with Crippen LogP contribution in [0.1, 0.15) is 78.1 Å². The van der Waals surface area contributed by atoms with E-state index in [2.05, 4.69) is 24.1 Å². The van der Waals surface area contributed by atoms with Crippen LogP contribution >= 0.6 is 0 Å². The van der Waals surface area contributed by atoms with Crippen LogP contribution in [0.25, 0.3) is 0 Å². The molecule has 0 aromatic rings. The maximum absolute atomic E-state index is 3.68. The van der Waals surface area contributed by atoms with E-state index in [1.807, 2.05) is 0 Å². The molecule has 0 amide bonds. The van der Waals surface area contributed by atoms with Crippen molar-refractivity contribution in [1.29, 1.82) is 0 Å². The molecule has 1 aliphatic rings. The molecule has 1 heterocycles. The third kappa shape index (κ3) is 8.65. The first-order chi connectivity index (χ1) is 9.36. The summed E-state index contributed by atoms with van der Waals surface area (Å²) < 4.78 is 0. The van der Waals surface area contributed by atoms with Crippen LogP contribution in [-0.4, -0.2) is 37.1 Å². The van der Waals surface area contributed by atoms with Gasteiger partial charge in [0, 0.05) is 12.6 Å². The third-order valence-corrected chi connectivity index (χ3v) is 4.26. The summed E-state index contributed by atoms with van der Waals surface area (Å²) >= 11 is 0. The number of piperidine rings is 1. The Morgan fingerprint density at radius 3 is 2.37 bits per heavy atom. The summed E-state index contributed by atoms with van der Waals surface area (Å²) in [7, 11) is 0. The predicted molar refractivity (Wildman–Crippen MR) is 85.7 cm³/mol. The lowest BCUT2D eigenvalue weighted by Crippen LogP contribution is -2.44. The SMILES string of the molecule is CCCCCCCCN(CCC)CC1CCCCN1. The highest BCUT2D eigenvalue weighted by molar-refractivity contribution is 4.76. The van der Waals surface area contributed by atoms with Crippen molar-refractivity contribution in [3.05, 3.63) is 0 Å². The van der Waals surface area contributed by atoms with Crippen LogP contribution < -0.4 is 5.32 Å². The Morgan fingerprint density at radius 2 is 1.68 bits per heavy atom. The quantitative estimate of drug-likeness (QED) is 0.565. The number of hydrogen-bond acceptors (Lipinski definition) is 2. The summed E-state index contributed by atoms with van der Waals surface area (Å²) in [6, 6.07) is 0.764. The summed E-state index contributed by atoms with van der Waals surface area (Å²) in [5, 5.41) is 3.68. The zero-order chi connectivity index (χ0) is 13.8. The fraction of sp³-hybridized carbons (Fsp3) is 1.00. The van der Waals surface area contributed by atoms with Crippen molar-refractivity contribution in [3.63, 3.8) is 0 Å². The first kappa shape index (κ1) is 17.0. The molecule has 19 heavy (non-hydrogen) atoms. The molecule has 1 aliphatic heterocycles. The molecule has 0 aromatic heterocycles. The van der Waals surface area contributed by atoms with Gasteiger partial charge in [-0.2, -0.15) is 0 Å². The van der Waals surface area contributed by atoms with Gasteiger partial charge in [0.25, 0.3) is 0 Å². The molecule has 1 saturated heterocycles. The molecule has 1 fully saturated rings. The molecule has 1 atom stereocenters. The van der Waals surface area contributed by atoms with Crippen LogP contribution in [0.4, 0.5) is 0 Å². The summed E-state index contributed by atoms with van der Waals surface area (Å²) in [6.07, 6.45) is 14.0. The molecular formula is C17H36N2. The molecule has 0 radical (unpaired) electrons. The largest absolute Gasteiger partial charge is 0.313 e. The summed E-state index contributed by atoms with van der Waals surface area (Å²) in [6.45, 7) is 9.72. The number of nitrogens with zero attached hydrogens (tertiary/aromatic N) is 1. The van der Waals surface area contributed by atoms with Crippen molar-refractivity contribution in [1.82, 2.24) is 10.2 Å². The van der Waals surface area contributed by atoms with Crippen molar-refractivity contribution in [2.45, 2.75) is 84.1 Å². The molecule has 114 valence electrons. The Hall–Kier alpha value is -0.0800. The van der Waals surface area contributed by atoms with Gasteiger partial charge in [0.1, 0.15) is 0 Å². The average Bonchev–Trinajstić information content (AvgIpc) is 2.44. The standard InChI is InChI=1S/C17H36N2/c1-3-5-6-7-8-11-15-19(14-4-2)16-17-12-9-10-13-18-17/h17-18H,3-16H2,1-2H3. The van der Waals surface area contributed by atoms with E-state index < -0.39 is 0 Å². The zero-order valence-corrected chi connectivity index (χ0v) is 13.4. The molecule has 2 heteroatoms. The van der Waals surface area contributed by atoms with E-state index in [9.17, 15) is 0 Å². The number of unbranched alkanes of at least 4 members (excludes halogenated alkanes) is 5. The van der Waals surface area contributed by atoms with Crippen LogP contribution in [0, 0.1) is 0 Å². The van der Waals surface area contributed by atoms with Crippen LogP contribution in [0.5, 0.6) is 0 Å². The van der Waals surface area contributed by atoms with Crippen molar-refractivity contribution in [3.8, 4) is 0 Å². The topological polar surface area (TPSA) is 15.3 Å². The van der Waals surface area contributed by atoms with Crippen molar-refractivity contribution in [2.75, 3.05) is 26.2 Å². The van der Waals surface area contributed by atoms with Gasteiger partial charge in [0.15, 0.2) is 0 Å². The summed E-state index contributed by atoms with van der Waals surface area (Å²) in [5.41, 5.74) is 0. The van der Waals surface area contributed by atoms with Gasteiger partial charge in [-0.1, -0.05) is 52.4 Å². The fourth-order valence-electron chi connectivity index (χ4n) is 3.12. The molecule has 1 rings (SSSR count). The minimum Gasteiger partial charge on any atom is -0.313 e. The van der Waals surface area contributed by atoms with Crippen LogP contribution in [0.15, 0.2) is 0 Å². The van der Waals surface area contributed by atoms with Crippen LogP contribution in [0.3, 0.4) is 0 Å². The molecule has 1 unspecified atom stereocenters. The zero-order valence-electron chi connectivity index (χ0n) is 13.4. The van der Waals surface area contributed by atoms with E-state index in [-0.39, 0.29) is 0 Å². The van der Waals surface area contributed by atoms with Gasteiger partial charge in [0.2, 0.25) is 0 Å². The lowest BCUT2D eigenvalue weighted by Gasteiger charge is -2.30. The second-order valence-electron chi connectivity index (χ2n) is 6.22. The smallest absolute Gasteiger partial charge is 0.0195 e. The lowest BCUT2D eigenvalue weighted by atomic mass is 10.0. The maximum Gasteiger partial charge on any atom is 0.0195 e. The highest BCUT2D eigenvalue weighted by Crippen LogP contribution is 2.11. The van der Waals surface area contributed by atoms with E-state index in [0.717, 1.165) is 6.04 Å². The Balaban J connectivity index is 2.09. The second kappa shape index (κ2) is 11.7. The Labute approximate surface area is 121 Å². The Bertz CT molecular complexity index is 188. The first-order valence-electron chi connectivity index (χ1n) is 8.82. The average molecular weight is 268 g/mol. The van der Waals surface area contributed by atoms with Gasteiger partial charge in [-0.15, -0.1) is 0 Å². The Kier molecular flexibility index (Phi) is 10.5. The fourth-order valence-corrected chi connectivity index (χ4v) is 3.12. The molecule has 1 N–H and O–H groups in total. The number of nitrogens with one attached hydrogen (secondary N) is 1. The van der Waals surface area contributed by atoms with E-state index in [1.54, 1.807) is 0 Å². The minimum atomic E-state index is 0.764. The van der Waals surface area contributed by atoms with Crippen molar-refractivity contribution >= 4 is 0 Å². The Morgan fingerprint density at radius 1 is 0.895 bits per heavy atom. The predicted octanol–water partition coefficient (Wildman–Crippen LogP) is 4.20. The normalized spacial score (nSPS) is 20.1. The molecule has 2 nitrogen and oxygen atoms in total. The highest BCUT2D eigenvalue weighted by Gasteiger charge is 2.15. The van der Waals surface area contributed by atoms with E-state index in [0.29, 0.717) is 0 Å². The number of hydrogen-bond donors (Lipinski definition) is 1. The second-order valence-corrected chi connectivity index (χ2v) is 6.22. The summed E-state index contributed by atoms with van der Waals surface area (Å²) in [4.78, 5) is 2.70. The first-order valence-corrected chi connectivity index (χ1v) is 8.82. The molecule has 0 saturated carbocycles. The highest BCUT2D eigenvalue weighted by atomic mass is 15.1. The van der Waals surface area contributed by atoms with E-state index in [1.165, 1.54) is 90.4 Å². The maximum atomic E-state index is 3.68. The summed E-state index contributed by atoms with van der Waals surface area (Å²) in [5.74, 6) is 0. The van der Waals surface area contributed by atoms with Crippen LogP contribution in [0.2, 0.25) is 0 Å². The van der Waals surface area contributed by atoms with Gasteiger partial charge >= 0.3 is 0 Å². The van der Waals surface area contributed by atoms with Crippen molar-refractivity contribution < 1.29 is 0 Å². The van der Waals surface area contributed by atoms with Gasteiger partial charge in [-0.25, -0.2) is 0 Å². The van der Waals surface area contributed by atoms with Crippen LogP contribution in [-0.2, 0) is 0 Å². The minimum absolute atomic E-state index is 0.764. The van der Waals surface area contributed by atoms with E-state index >= 15 is 0 Å². The van der Waals surface area contributed by atoms with Gasteiger partial charge in [0.05, 0.1) is 0 Å². The number of rotatable bonds is 11. The van der Waals surface area contributed by atoms with Crippen molar-refractivity contribution in [2.24, 2.45) is 0 Å². The molecular weight excluding hydrogens is 232 g/mol. The van der Waals surface area contributed by atoms with Gasteiger partial charge in [-0.05, 0) is 45.3 Å². The molecule has 0 aromatic carbocycles. The molecule has 0 spiro atoms. The lowest BCUT2D eigenvalue weighted by molar-refractivity contribution is 0.220. The molecule has 0 aliphatic carbocycles. The van der Waals surface area contributed by atoms with E-state index in [4.69, 9.17) is 0 Å². The molecule has 0 bridgehead atoms. The van der Waals surface area contributed by atoms with Gasteiger partial charge in [-0.3, -0.25) is 0 Å². The van der Waals surface area contributed by atoms with Gasteiger partial charge < -0.3 is 10.2 Å². The monoisotopic (exact) mass is 268 g/mol.